The smallest absolute Gasteiger partial charge is 0.409 e. The van der Waals surface area contributed by atoms with Gasteiger partial charge in [0.25, 0.3) is 5.91 Å². The Labute approximate surface area is 210 Å². The number of carbonyl (C=O) groups is 1. The Morgan fingerprint density at radius 3 is 2.42 bits per heavy atom. The zero-order valence-electron chi connectivity index (χ0n) is 16.7. The third kappa shape index (κ3) is 5.44. The van der Waals surface area contributed by atoms with E-state index in [-0.39, 0.29) is 48.9 Å². The third-order valence-corrected chi connectivity index (χ3v) is 8.70. The Balaban J connectivity index is 1.56. The monoisotopic (exact) mass is 554 g/mol. The number of alkyl halides is 3. The number of nitrogens with zero attached hydrogens (tertiary/aromatic N) is 1. The van der Waals surface area contributed by atoms with Crippen LogP contribution in [0.15, 0.2) is 45.7 Å². The summed E-state index contributed by atoms with van der Waals surface area (Å²) in [5.74, 6) is -0.568. The van der Waals surface area contributed by atoms with Crippen molar-refractivity contribution in [1.29, 1.82) is 0 Å². The summed E-state index contributed by atoms with van der Waals surface area (Å²) in [4.78, 5) is 12.2. The van der Waals surface area contributed by atoms with Gasteiger partial charge in [0.05, 0.1) is 10.7 Å². The van der Waals surface area contributed by atoms with Crippen LogP contribution in [0.2, 0.25) is 15.1 Å². The summed E-state index contributed by atoms with van der Waals surface area (Å²) >= 11 is 16.9. The number of carbonyl (C=O) groups excluding carboxylic acids is 1. The lowest BCUT2D eigenvalue weighted by atomic mass is 9.89. The fourth-order valence-corrected chi connectivity index (χ4v) is 6.31. The van der Waals surface area contributed by atoms with E-state index in [1.807, 2.05) is 0 Å². The number of amides is 1. The van der Waals surface area contributed by atoms with Crippen LogP contribution >= 0.6 is 46.8 Å². The van der Waals surface area contributed by atoms with Crippen LogP contribution in [0.1, 0.15) is 30.4 Å². The average molecular weight is 556 g/mol. The van der Waals surface area contributed by atoms with Crippen LogP contribution in [0.3, 0.4) is 0 Å². The summed E-state index contributed by atoms with van der Waals surface area (Å²) in [6.07, 6.45) is -3.28. The lowest BCUT2D eigenvalue weighted by Crippen LogP contribution is -2.38. The molecule has 2 aromatic rings. The summed E-state index contributed by atoms with van der Waals surface area (Å²) in [6.45, 7) is 0. The van der Waals surface area contributed by atoms with Gasteiger partial charge in [-0.2, -0.15) is 13.2 Å². The Morgan fingerprint density at radius 2 is 1.85 bits per heavy atom. The molecule has 12 heteroatoms. The molecule has 4 rings (SSSR count). The maximum absolute atomic E-state index is 14.2. The maximum Gasteiger partial charge on any atom is 0.409 e. The Kier molecular flexibility index (Phi) is 7.21. The van der Waals surface area contributed by atoms with Gasteiger partial charge in [-0.25, -0.2) is 4.40 Å². The molecule has 1 N–H and O–H groups in total. The normalized spacial score (nSPS) is 21.6. The van der Waals surface area contributed by atoms with E-state index in [4.69, 9.17) is 34.8 Å². The van der Waals surface area contributed by atoms with E-state index in [2.05, 4.69) is 9.71 Å². The first-order chi connectivity index (χ1) is 15.5. The lowest BCUT2D eigenvalue weighted by molar-refractivity contribution is -0.159. The first kappa shape index (κ1) is 25.0. The predicted octanol–water partition coefficient (Wildman–Crippen LogP) is 6.33. The highest BCUT2D eigenvalue weighted by Crippen LogP contribution is 2.57. The SMILES string of the molecule is O=C(C[S+]([O-])c1ccc(C2=NSC(c3cc(Cl)cc(Cl)c3)(C(F)(F)F)C2)cc1Cl)NC1CC1. The topological polar surface area (TPSA) is 64.5 Å². The summed E-state index contributed by atoms with van der Waals surface area (Å²) in [5.41, 5.74) is 0.454. The first-order valence-electron chi connectivity index (χ1n) is 9.74. The summed E-state index contributed by atoms with van der Waals surface area (Å²) in [6, 6.07) is 8.36. The Bertz CT molecular complexity index is 1110. The molecule has 2 unspecified atom stereocenters. The molecule has 1 fully saturated rings. The van der Waals surface area contributed by atoms with E-state index >= 15 is 0 Å². The van der Waals surface area contributed by atoms with Gasteiger partial charge in [-0.3, -0.25) is 4.79 Å². The molecule has 2 aromatic carbocycles. The molecular formula is C21H16Cl3F3N2O2S2. The lowest BCUT2D eigenvalue weighted by Gasteiger charge is -2.30. The van der Waals surface area contributed by atoms with Crippen LogP contribution < -0.4 is 5.32 Å². The Hall–Kier alpha value is -1.10. The van der Waals surface area contributed by atoms with Gasteiger partial charge in [-0.05, 0) is 83.5 Å². The molecule has 0 spiro atoms. The minimum absolute atomic E-state index is 0.0908. The van der Waals surface area contributed by atoms with Crippen molar-refractivity contribution in [2.45, 2.75) is 41.1 Å². The van der Waals surface area contributed by atoms with Gasteiger partial charge in [0.2, 0.25) is 0 Å². The molecule has 176 valence electrons. The first-order valence-corrected chi connectivity index (χ1v) is 13.0. The molecule has 0 aromatic heterocycles. The summed E-state index contributed by atoms with van der Waals surface area (Å²) in [7, 11) is 0. The molecule has 2 aliphatic rings. The van der Waals surface area contributed by atoms with Crippen LogP contribution in [0.25, 0.3) is 0 Å². The quantitative estimate of drug-likeness (QED) is 0.335. The molecule has 0 saturated heterocycles. The van der Waals surface area contributed by atoms with Crippen molar-refractivity contribution in [3.8, 4) is 0 Å². The van der Waals surface area contributed by atoms with Gasteiger partial charge in [0, 0.05) is 22.5 Å². The zero-order valence-corrected chi connectivity index (χ0v) is 20.6. The van der Waals surface area contributed by atoms with Crippen molar-refractivity contribution in [3.05, 3.63) is 62.6 Å². The zero-order chi connectivity index (χ0) is 24.0. The van der Waals surface area contributed by atoms with Crippen molar-refractivity contribution in [3.63, 3.8) is 0 Å². The van der Waals surface area contributed by atoms with Crippen molar-refractivity contribution >= 4 is 69.5 Å². The standard InChI is InChI=1S/C21H16Cl3F3N2O2S2/c22-13-6-12(7-14(23)8-13)20(21(25,26)27)9-17(29-32-20)11-1-4-18(16(24)5-11)33(31)10-19(30)28-15-2-3-15/h1,4-8,15H,2-3,9-10H2,(H,28,30). The van der Waals surface area contributed by atoms with Crippen molar-refractivity contribution in [2.24, 2.45) is 4.40 Å². The van der Waals surface area contributed by atoms with E-state index < -0.39 is 28.5 Å². The molecule has 0 bridgehead atoms. The Morgan fingerprint density at radius 1 is 1.18 bits per heavy atom. The number of halogens is 6. The molecule has 4 nitrogen and oxygen atoms in total. The third-order valence-electron chi connectivity index (χ3n) is 5.23. The minimum atomic E-state index is -4.64. The van der Waals surface area contributed by atoms with Gasteiger partial charge in [-0.1, -0.05) is 34.8 Å². The highest BCUT2D eigenvalue weighted by molar-refractivity contribution is 7.99. The van der Waals surface area contributed by atoms with E-state index in [0.29, 0.717) is 17.5 Å². The predicted molar refractivity (Wildman–Crippen MR) is 127 cm³/mol. The fraction of sp³-hybridized carbons (Fsp3) is 0.333. The molecule has 1 aliphatic heterocycles. The second-order valence-corrected chi connectivity index (χ2v) is 11.5. The van der Waals surface area contributed by atoms with Crippen LogP contribution in [-0.4, -0.2) is 34.1 Å². The van der Waals surface area contributed by atoms with E-state index in [1.165, 1.54) is 36.4 Å². The molecule has 1 amide bonds. The average Bonchev–Trinajstić information content (AvgIpc) is 3.38. The second kappa shape index (κ2) is 9.51. The maximum atomic E-state index is 14.2. The summed E-state index contributed by atoms with van der Waals surface area (Å²) < 4.78 is 57.0. The van der Waals surface area contributed by atoms with Gasteiger partial charge in [0.15, 0.2) is 15.4 Å². The highest BCUT2D eigenvalue weighted by atomic mass is 35.5. The van der Waals surface area contributed by atoms with E-state index in [9.17, 15) is 22.5 Å². The number of hydrogen-bond donors (Lipinski definition) is 1. The van der Waals surface area contributed by atoms with Gasteiger partial charge < -0.3 is 9.87 Å². The van der Waals surface area contributed by atoms with Crippen molar-refractivity contribution in [1.82, 2.24) is 5.32 Å². The summed E-state index contributed by atoms with van der Waals surface area (Å²) in [5, 5.41) is 3.03. The van der Waals surface area contributed by atoms with Gasteiger partial charge in [-0.15, -0.1) is 0 Å². The largest absolute Gasteiger partial charge is 0.611 e. The molecule has 33 heavy (non-hydrogen) atoms. The van der Waals surface area contributed by atoms with Gasteiger partial charge in [0.1, 0.15) is 0 Å². The van der Waals surface area contributed by atoms with Crippen LogP contribution in [0.4, 0.5) is 13.2 Å². The van der Waals surface area contributed by atoms with Gasteiger partial charge >= 0.3 is 6.18 Å². The molecule has 0 radical (unpaired) electrons. The molecular weight excluding hydrogens is 540 g/mol. The van der Waals surface area contributed by atoms with E-state index in [0.717, 1.165) is 12.8 Å². The van der Waals surface area contributed by atoms with Crippen molar-refractivity contribution < 1.29 is 22.5 Å². The highest BCUT2D eigenvalue weighted by Gasteiger charge is 2.60. The van der Waals surface area contributed by atoms with Crippen LogP contribution in [0, 0.1) is 0 Å². The number of rotatable bonds is 6. The molecule has 1 saturated carbocycles. The molecule has 2 atom stereocenters. The van der Waals surface area contributed by atoms with Crippen molar-refractivity contribution in [2.75, 3.05) is 5.75 Å². The van der Waals surface area contributed by atoms with E-state index in [1.54, 1.807) is 0 Å². The number of hydrogen-bond acceptors (Lipinski definition) is 4. The fourth-order valence-electron chi connectivity index (χ4n) is 3.40. The number of benzene rings is 2. The van der Waals surface area contributed by atoms with Crippen LogP contribution in [0.5, 0.6) is 0 Å². The molecule has 1 aliphatic carbocycles. The second-order valence-electron chi connectivity index (χ2n) is 7.77. The number of nitrogens with one attached hydrogen (secondary N) is 1. The minimum Gasteiger partial charge on any atom is -0.611 e. The molecule has 1 heterocycles. The van der Waals surface area contributed by atoms with Crippen LogP contribution in [-0.2, 0) is 20.7 Å².